The van der Waals surface area contributed by atoms with Crippen LogP contribution in [0.25, 0.3) is 11.0 Å². The molecule has 0 N–H and O–H groups in total. The molecule has 1 fully saturated rings. The Morgan fingerprint density at radius 1 is 1.14 bits per heavy atom. The Labute approximate surface area is 163 Å². The smallest absolute Gasteiger partial charge is 0.336 e. The van der Waals surface area contributed by atoms with E-state index >= 15 is 0 Å². The fourth-order valence-corrected chi connectivity index (χ4v) is 3.43. The molecule has 1 aliphatic rings. The van der Waals surface area contributed by atoms with Crippen molar-refractivity contribution in [2.24, 2.45) is 5.92 Å². The van der Waals surface area contributed by atoms with Gasteiger partial charge >= 0.3 is 5.63 Å². The molecular weight excluding hydrogens is 354 g/mol. The number of benzene rings is 2. The molecule has 144 valence electrons. The SMILES string of the molecule is CC(C1CC1)N(Cc1ccccc1)C(=O)COc1ccc2ccc(=O)oc2c1. The molecule has 28 heavy (non-hydrogen) atoms. The van der Waals surface area contributed by atoms with Crippen LogP contribution in [-0.2, 0) is 11.3 Å². The van der Waals surface area contributed by atoms with E-state index in [4.69, 9.17) is 9.15 Å². The number of rotatable bonds is 7. The van der Waals surface area contributed by atoms with E-state index in [0.29, 0.717) is 23.8 Å². The molecular formula is C23H23NO4. The summed E-state index contributed by atoms with van der Waals surface area (Å²) in [5, 5.41) is 0.811. The Balaban J connectivity index is 1.47. The molecule has 0 spiro atoms. The van der Waals surface area contributed by atoms with Crippen LogP contribution in [0, 0.1) is 5.92 Å². The molecule has 2 aromatic carbocycles. The molecule has 5 heteroatoms. The van der Waals surface area contributed by atoms with Crippen molar-refractivity contribution in [3.8, 4) is 5.75 Å². The second kappa shape index (κ2) is 7.89. The van der Waals surface area contributed by atoms with E-state index < -0.39 is 5.63 Å². The number of nitrogens with zero attached hydrogens (tertiary/aromatic N) is 1. The molecule has 0 saturated heterocycles. The number of ether oxygens (including phenoxy) is 1. The molecule has 5 nitrogen and oxygen atoms in total. The fraction of sp³-hybridized carbons (Fsp3) is 0.304. The molecule has 1 aliphatic carbocycles. The average Bonchev–Trinajstić information content (AvgIpc) is 3.55. The first-order valence-corrected chi connectivity index (χ1v) is 9.60. The van der Waals surface area contributed by atoms with Gasteiger partial charge in [0.05, 0.1) is 0 Å². The summed E-state index contributed by atoms with van der Waals surface area (Å²) >= 11 is 0. The lowest BCUT2D eigenvalue weighted by atomic mass is 10.1. The highest BCUT2D eigenvalue weighted by atomic mass is 16.5. The lowest BCUT2D eigenvalue weighted by Crippen LogP contribution is -2.42. The van der Waals surface area contributed by atoms with Crippen LogP contribution in [0.1, 0.15) is 25.3 Å². The van der Waals surface area contributed by atoms with Gasteiger partial charge in [-0.1, -0.05) is 30.3 Å². The quantitative estimate of drug-likeness (QED) is 0.584. The monoisotopic (exact) mass is 377 g/mol. The Kier molecular flexibility index (Phi) is 5.15. The summed E-state index contributed by atoms with van der Waals surface area (Å²) in [6.45, 7) is 2.64. The number of hydrogen-bond acceptors (Lipinski definition) is 4. The average molecular weight is 377 g/mol. The lowest BCUT2D eigenvalue weighted by molar-refractivity contribution is -0.136. The van der Waals surface area contributed by atoms with E-state index in [-0.39, 0.29) is 18.6 Å². The largest absolute Gasteiger partial charge is 0.484 e. The molecule has 4 rings (SSSR count). The normalized spacial score (nSPS) is 14.6. The third-order valence-electron chi connectivity index (χ3n) is 5.27. The molecule has 0 bridgehead atoms. The van der Waals surface area contributed by atoms with Gasteiger partial charge in [-0.05, 0) is 49.4 Å². The second-order valence-corrected chi connectivity index (χ2v) is 7.33. The van der Waals surface area contributed by atoms with E-state index in [1.165, 1.54) is 18.9 Å². The minimum atomic E-state index is -0.409. The summed E-state index contributed by atoms with van der Waals surface area (Å²) in [6, 6.07) is 18.5. The summed E-state index contributed by atoms with van der Waals surface area (Å²) in [5.41, 5.74) is 1.15. The highest BCUT2D eigenvalue weighted by Crippen LogP contribution is 2.35. The van der Waals surface area contributed by atoms with Crippen LogP contribution >= 0.6 is 0 Å². The van der Waals surface area contributed by atoms with Crippen molar-refractivity contribution in [3.05, 3.63) is 76.6 Å². The maximum atomic E-state index is 12.9. The predicted octanol–water partition coefficient (Wildman–Crippen LogP) is 4.00. The minimum absolute atomic E-state index is 0.0436. The summed E-state index contributed by atoms with van der Waals surface area (Å²) in [5.74, 6) is 1.04. The molecule has 1 heterocycles. The van der Waals surface area contributed by atoms with Crippen molar-refractivity contribution in [2.75, 3.05) is 6.61 Å². The Morgan fingerprint density at radius 3 is 2.64 bits per heavy atom. The van der Waals surface area contributed by atoms with Gasteiger partial charge in [-0.15, -0.1) is 0 Å². The van der Waals surface area contributed by atoms with Crippen LogP contribution < -0.4 is 10.4 Å². The van der Waals surface area contributed by atoms with Crippen molar-refractivity contribution in [1.82, 2.24) is 4.90 Å². The number of carbonyl (C=O) groups excluding carboxylic acids is 1. The number of carbonyl (C=O) groups is 1. The topological polar surface area (TPSA) is 59.8 Å². The first kappa shape index (κ1) is 18.3. The summed E-state index contributed by atoms with van der Waals surface area (Å²) < 4.78 is 10.9. The summed E-state index contributed by atoms with van der Waals surface area (Å²) in [4.78, 5) is 26.3. The van der Waals surface area contributed by atoms with E-state index in [1.807, 2.05) is 41.3 Å². The number of fused-ring (bicyclic) bond motifs is 1. The maximum absolute atomic E-state index is 12.9. The van der Waals surface area contributed by atoms with Crippen molar-refractivity contribution in [3.63, 3.8) is 0 Å². The molecule has 0 aliphatic heterocycles. The molecule has 1 saturated carbocycles. The predicted molar refractivity (Wildman–Crippen MR) is 107 cm³/mol. The first-order chi connectivity index (χ1) is 13.6. The maximum Gasteiger partial charge on any atom is 0.336 e. The molecule has 1 aromatic heterocycles. The summed E-state index contributed by atoms with van der Waals surface area (Å²) in [7, 11) is 0. The van der Waals surface area contributed by atoms with Gasteiger partial charge in [0.25, 0.3) is 5.91 Å². The van der Waals surface area contributed by atoms with Gasteiger partial charge in [0.1, 0.15) is 11.3 Å². The molecule has 1 amide bonds. The van der Waals surface area contributed by atoms with Gasteiger partial charge in [0, 0.05) is 30.1 Å². The summed E-state index contributed by atoms with van der Waals surface area (Å²) in [6.07, 6.45) is 2.34. The molecule has 1 unspecified atom stereocenters. The minimum Gasteiger partial charge on any atom is -0.484 e. The second-order valence-electron chi connectivity index (χ2n) is 7.33. The van der Waals surface area contributed by atoms with Gasteiger partial charge < -0.3 is 14.1 Å². The van der Waals surface area contributed by atoms with Gasteiger partial charge in [-0.3, -0.25) is 4.79 Å². The van der Waals surface area contributed by atoms with Gasteiger partial charge in [-0.25, -0.2) is 4.79 Å². The number of hydrogen-bond donors (Lipinski definition) is 0. The van der Waals surface area contributed by atoms with E-state index in [9.17, 15) is 9.59 Å². The van der Waals surface area contributed by atoms with Gasteiger partial charge in [-0.2, -0.15) is 0 Å². The standard InChI is InChI=1S/C23H23NO4/c1-16(18-7-8-18)24(14-17-5-3-2-4-6-17)22(25)15-27-20-11-9-19-10-12-23(26)28-21(19)13-20/h2-6,9-13,16,18H,7-8,14-15H2,1H3. The van der Waals surface area contributed by atoms with Gasteiger partial charge in [0.15, 0.2) is 6.61 Å². The Morgan fingerprint density at radius 2 is 1.89 bits per heavy atom. The van der Waals surface area contributed by atoms with Crippen LogP contribution in [0.15, 0.2) is 69.9 Å². The van der Waals surface area contributed by atoms with Crippen molar-refractivity contribution >= 4 is 16.9 Å². The molecule has 0 radical (unpaired) electrons. The zero-order valence-corrected chi connectivity index (χ0v) is 15.8. The van der Waals surface area contributed by atoms with E-state index in [1.54, 1.807) is 18.2 Å². The van der Waals surface area contributed by atoms with Crippen LogP contribution in [0.2, 0.25) is 0 Å². The first-order valence-electron chi connectivity index (χ1n) is 9.60. The highest BCUT2D eigenvalue weighted by molar-refractivity contribution is 5.79. The highest BCUT2D eigenvalue weighted by Gasteiger charge is 2.34. The van der Waals surface area contributed by atoms with Gasteiger partial charge in [0.2, 0.25) is 0 Å². The van der Waals surface area contributed by atoms with E-state index in [2.05, 4.69) is 6.92 Å². The third kappa shape index (κ3) is 4.25. The van der Waals surface area contributed by atoms with Crippen LogP contribution in [0.4, 0.5) is 0 Å². The molecule has 3 aromatic rings. The third-order valence-corrected chi connectivity index (χ3v) is 5.27. The van der Waals surface area contributed by atoms with E-state index in [0.717, 1.165) is 10.9 Å². The fourth-order valence-electron chi connectivity index (χ4n) is 3.43. The lowest BCUT2D eigenvalue weighted by Gasteiger charge is -2.29. The van der Waals surface area contributed by atoms with Crippen LogP contribution in [-0.4, -0.2) is 23.5 Å². The zero-order chi connectivity index (χ0) is 19.5. The Bertz CT molecular complexity index is 1020. The van der Waals surface area contributed by atoms with Crippen LogP contribution in [0.3, 0.4) is 0 Å². The van der Waals surface area contributed by atoms with Crippen LogP contribution in [0.5, 0.6) is 5.75 Å². The van der Waals surface area contributed by atoms with Crippen molar-refractivity contribution in [1.29, 1.82) is 0 Å². The number of amides is 1. The van der Waals surface area contributed by atoms with Crippen molar-refractivity contribution < 1.29 is 13.9 Å². The zero-order valence-electron chi connectivity index (χ0n) is 15.8. The Hall–Kier alpha value is -3.08. The molecule has 1 atom stereocenters. The van der Waals surface area contributed by atoms with Crippen molar-refractivity contribution in [2.45, 2.75) is 32.4 Å².